The van der Waals surface area contributed by atoms with Crippen LogP contribution < -0.4 is 10.1 Å². The molecule has 2 aromatic rings. The molecule has 0 aromatic heterocycles. The highest BCUT2D eigenvalue weighted by Gasteiger charge is 2.01. The quantitative estimate of drug-likeness (QED) is 0.829. The maximum Gasteiger partial charge on any atom is 0.127 e. The lowest BCUT2D eigenvalue weighted by molar-refractivity contribution is 0.360. The van der Waals surface area contributed by atoms with E-state index < -0.39 is 0 Å². The van der Waals surface area contributed by atoms with Crippen molar-refractivity contribution in [2.45, 2.75) is 13.5 Å². The normalized spacial score (nSPS) is 11.0. The van der Waals surface area contributed by atoms with Crippen molar-refractivity contribution in [3.05, 3.63) is 71.6 Å². The van der Waals surface area contributed by atoms with E-state index in [4.69, 9.17) is 4.74 Å². The molecule has 0 aliphatic carbocycles. The van der Waals surface area contributed by atoms with Crippen LogP contribution in [-0.4, -0.2) is 13.2 Å². The summed E-state index contributed by atoms with van der Waals surface area (Å²) in [7, 11) is 0. The van der Waals surface area contributed by atoms with Crippen LogP contribution >= 0.6 is 0 Å². The van der Waals surface area contributed by atoms with Crippen LogP contribution in [0.1, 0.15) is 18.1 Å². The van der Waals surface area contributed by atoms with Gasteiger partial charge in [0.25, 0.3) is 0 Å². The minimum Gasteiger partial charge on any atom is -0.489 e. The summed E-state index contributed by atoms with van der Waals surface area (Å²) < 4.78 is 19.1. The second-order valence-corrected chi connectivity index (χ2v) is 4.70. The van der Waals surface area contributed by atoms with Gasteiger partial charge in [0.15, 0.2) is 0 Å². The zero-order valence-electron chi connectivity index (χ0n) is 12.2. The predicted octanol–water partition coefficient (Wildman–Crippen LogP) is 4.03. The minimum absolute atomic E-state index is 0.271. The van der Waals surface area contributed by atoms with Gasteiger partial charge in [0.05, 0.1) is 0 Å². The summed E-state index contributed by atoms with van der Waals surface area (Å²) in [5.41, 5.74) is 2.01. The number of benzene rings is 2. The second-order valence-electron chi connectivity index (χ2n) is 4.70. The number of rotatable bonds is 7. The van der Waals surface area contributed by atoms with E-state index in [-0.39, 0.29) is 5.82 Å². The molecule has 0 spiro atoms. The van der Waals surface area contributed by atoms with E-state index >= 15 is 0 Å². The lowest BCUT2D eigenvalue weighted by Gasteiger charge is -2.07. The first-order valence-electron chi connectivity index (χ1n) is 7.12. The Morgan fingerprint density at radius 3 is 2.71 bits per heavy atom. The summed E-state index contributed by atoms with van der Waals surface area (Å²) in [6, 6.07) is 14.8. The van der Waals surface area contributed by atoms with Gasteiger partial charge in [0, 0.05) is 12.6 Å². The lowest BCUT2D eigenvalue weighted by atomic mass is 10.2. The van der Waals surface area contributed by atoms with Crippen LogP contribution in [-0.2, 0) is 6.54 Å². The van der Waals surface area contributed by atoms with Gasteiger partial charge in [0.2, 0.25) is 0 Å². The standard InChI is InChI=1S/C18H20FNO/c1-2-20-14-16-11-17(19)13-18(12-16)21-10-6-9-15-7-4-3-5-8-15/h3-9,11-13,20H,2,10,14H2,1H3/b9-6+. The monoisotopic (exact) mass is 285 g/mol. The lowest BCUT2D eigenvalue weighted by Crippen LogP contribution is -2.12. The molecule has 0 saturated carbocycles. The molecule has 0 saturated heterocycles. The molecular formula is C18H20FNO. The topological polar surface area (TPSA) is 21.3 Å². The minimum atomic E-state index is -0.271. The third-order valence-corrected chi connectivity index (χ3v) is 2.97. The zero-order chi connectivity index (χ0) is 14.9. The maximum absolute atomic E-state index is 13.5. The molecular weight excluding hydrogens is 265 g/mol. The SMILES string of the molecule is CCNCc1cc(F)cc(OC/C=C/c2ccccc2)c1. The van der Waals surface area contributed by atoms with Crippen LogP contribution in [0, 0.1) is 5.82 Å². The molecule has 0 unspecified atom stereocenters. The van der Waals surface area contributed by atoms with Crippen molar-refractivity contribution in [2.75, 3.05) is 13.2 Å². The molecule has 0 aliphatic heterocycles. The van der Waals surface area contributed by atoms with Gasteiger partial charge in [-0.3, -0.25) is 0 Å². The van der Waals surface area contributed by atoms with Crippen LogP contribution in [0.15, 0.2) is 54.6 Å². The Kier molecular flexibility index (Phi) is 5.98. The van der Waals surface area contributed by atoms with E-state index in [2.05, 4.69) is 5.32 Å². The highest BCUT2D eigenvalue weighted by atomic mass is 19.1. The predicted molar refractivity (Wildman–Crippen MR) is 84.8 cm³/mol. The van der Waals surface area contributed by atoms with E-state index in [0.717, 1.165) is 17.7 Å². The molecule has 110 valence electrons. The number of hydrogen-bond acceptors (Lipinski definition) is 2. The summed E-state index contributed by atoms with van der Waals surface area (Å²) in [5, 5.41) is 3.17. The first-order valence-corrected chi connectivity index (χ1v) is 7.12. The summed E-state index contributed by atoms with van der Waals surface area (Å²) >= 11 is 0. The number of halogens is 1. The van der Waals surface area contributed by atoms with Gasteiger partial charge in [-0.1, -0.05) is 43.3 Å². The smallest absolute Gasteiger partial charge is 0.127 e. The van der Waals surface area contributed by atoms with E-state index in [9.17, 15) is 4.39 Å². The third kappa shape index (κ3) is 5.40. The fraction of sp³-hybridized carbons (Fsp3) is 0.222. The second kappa shape index (κ2) is 8.22. The van der Waals surface area contributed by atoms with E-state index in [1.165, 1.54) is 12.1 Å². The Morgan fingerprint density at radius 2 is 1.95 bits per heavy atom. The largest absolute Gasteiger partial charge is 0.489 e. The summed E-state index contributed by atoms with van der Waals surface area (Å²) in [6.07, 6.45) is 3.91. The molecule has 21 heavy (non-hydrogen) atoms. The molecule has 0 amide bonds. The highest BCUT2D eigenvalue weighted by molar-refractivity contribution is 5.48. The van der Waals surface area contributed by atoms with Gasteiger partial charge in [-0.2, -0.15) is 0 Å². The average molecular weight is 285 g/mol. The average Bonchev–Trinajstić information content (AvgIpc) is 2.50. The van der Waals surface area contributed by atoms with E-state index in [1.54, 1.807) is 0 Å². The Hall–Kier alpha value is -2.13. The van der Waals surface area contributed by atoms with E-state index in [0.29, 0.717) is 18.9 Å². The van der Waals surface area contributed by atoms with Gasteiger partial charge >= 0.3 is 0 Å². The van der Waals surface area contributed by atoms with Gasteiger partial charge in [-0.05, 0) is 35.9 Å². The summed E-state index contributed by atoms with van der Waals surface area (Å²) in [6.45, 7) is 3.93. The fourth-order valence-electron chi connectivity index (χ4n) is 1.97. The first-order chi connectivity index (χ1) is 10.3. The molecule has 0 atom stereocenters. The van der Waals surface area contributed by atoms with Crippen molar-refractivity contribution in [1.82, 2.24) is 5.32 Å². The molecule has 2 nitrogen and oxygen atoms in total. The van der Waals surface area contributed by atoms with Crippen molar-refractivity contribution in [3.8, 4) is 5.75 Å². The molecule has 0 bridgehead atoms. The molecule has 0 heterocycles. The van der Waals surface area contributed by atoms with Crippen molar-refractivity contribution >= 4 is 6.08 Å². The Bertz CT molecular complexity index is 581. The number of nitrogens with one attached hydrogen (secondary N) is 1. The molecule has 0 aliphatic rings. The van der Waals surface area contributed by atoms with Crippen LogP contribution in [0.4, 0.5) is 4.39 Å². The first kappa shape index (κ1) is 15.3. The van der Waals surface area contributed by atoms with Crippen LogP contribution in [0.3, 0.4) is 0 Å². The van der Waals surface area contributed by atoms with Gasteiger partial charge in [0.1, 0.15) is 18.2 Å². The number of ether oxygens (including phenoxy) is 1. The van der Waals surface area contributed by atoms with Crippen molar-refractivity contribution < 1.29 is 9.13 Å². The fourth-order valence-corrected chi connectivity index (χ4v) is 1.97. The Labute approximate surface area is 125 Å². The Balaban J connectivity index is 1.90. The molecule has 0 fully saturated rings. The highest BCUT2D eigenvalue weighted by Crippen LogP contribution is 2.16. The molecule has 2 aromatic carbocycles. The summed E-state index contributed by atoms with van der Waals surface area (Å²) in [4.78, 5) is 0. The van der Waals surface area contributed by atoms with Gasteiger partial charge < -0.3 is 10.1 Å². The number of hydrogen-bond donors (Lipinski definition) is 1. The Morgan fingerprint density at radius 1 is 1.14 bits per heavy atom. The molecule has 1 N–H and O–H groups in total. The van der Waals surface area contributed by atoms with Gasteiger partial charge in [-0.15, -0.1) is 0 Å². The van der Waals surface area contributed by atoms with Crippen molar-refractivity contribution in [3.63, 3.8) is 0 Å². The molecule has 2 rings (SSSR count). The van der Waals surface area contributed by atoms with E-state index in [1.807, 2.05) is 55.5 Å². The van der Waals surface area contributed by atoms with Crippen LogP contribution in [0.5, 0.6) is 5.75 Å². The molecule has 3 heteroatoms. The van der Waals surface area contributed by atoms with Crippen molar-refractivity contribution in [2.24, 2.45) is 0 Å². The van der Waals surface area contributed by atoms with Crippen LogP contribution in [0.25, 0.3) is 6.08 Å². The van der Waals surface area contributed by atoms with Gasteiger partial charge in [-0.25, -0.2) is 4.39 Å². The maximum atomic E-state index is 13.5. The molecule has 0 radical (unpaired) electrons. The third-order valence-electron chi connectivity index (χ3n) is 2.97. The summed E-state index contributed by atoms with van der Waals surface area (Å²) in [5.74, 6) is 0.285. The zero-order valence-corrected chi connectivity index (χ0v) is 12.2. The van der Waals surface area contributed by atoms with Crippen molar-refractivity contribution in [1.29, 1.82) is 0 Å². The van der Waals surface area contributed by atoms with Crippen LogP contribution in [0.2, 0.25) is 0 Å².